The van der Waals surface area contributed by atoms with E-state index < -0.39 is 0 Å². The summed E-state index contributed by atoms with van der Waals surface area (Å²) >= 11 is 0. The largest absolute Gasteiger partial charge is 0.273 e. The van der Waals surface area contributed by atoms with Crippen molar-refractivity contribution in [3.05, 3.63) is 54.1 Å². The minimum Gasteiger partial charge on any atom is -0.273 e. The number of fused-ring (bicyclic) bond motifs is 1. The van der Waals surface area contributed by atoms with Crippen LogP contribution in [0, 0.1) is 0 Å². The summed E-state index contributed by atoms with van der Waals surface area (Å²) in [5.41, 5.74) is 5.69. The number of rotatable bonds is 4. The molecule has 0 radical (unpaired) electrons. The molecule has 0 spiro atoms. The second-order valence-corrected chi connectivity index (χ2v) is 4.69. The first-order chi connectivity index (χ1) is 10.2. The molecular weight excluding hydrogens is 264 g/mol. The maximum absolute atomic E-state index is 11.6. The SMILES string of the molecule is CCCC(=O)NNC(=O)/C=C/c1cccc2ccccc12. The van der Waals surface area contributed by atoms with Crippen LogP contribution in [0.15, 0.2) is 48.5 Å². The normalized spacial score (nSPS) is 10.7. The zero-order valence-electron chi connectivity index (χ0n) is 11.9. The second kappa shape index (κ2) is 7.24. The van der Waals surface area contributed by atoms with Gasteiger partial charge in [-0.25, -0.2) is 0 Å². The predicted octanol–water partition coefficient (Wildman–Crippen LogP) is 2.80. The van der Waals surface area contributed by atoms with E-state index in [-0.39, 0.29) is 11.8 Å². The van der Waals surface area contributed by atoms with Crippen molar-refractivity contribution in [3.8, 4) is 0 Å². The first-order valence-electron chi connectivity index (χ1n) is 6.95. The molecule has 4 heteroatoms. The maximum Gasteiger partial charge on any atom is 0.262 e. The highest BCUT2D eigenvalue weighted by molar-refractivity contribution is 5.97. The smallest absolute Gasteiger partial charge is 0.262 e. The lowest BCUT2D eigenvalue weighted by Gasteiger charge is -2.04. The molecule has 21 heavy (non-hydrogen) atoms. The van der Waals surface area contributed by atoms with E-state index in [4.69, 9.17) is 0 Å². The Kier molecular flexibility index (Phi) is 5.10. The molecule has 0 saturated heterocycles. The molecule has 2 rings (SSSR count). The number of carbonyl (C=O) groups excluding carboxylic acids is 2. The van der Waals surface area contributed by atoms with Crippen molar-refractivity contribution in [2.24, 2.45) is 0 Å². The molecule has 0 aromatic heterocycles. The fourth-order valence-corrected chi connectivity index (χ4v) is 2.02. The van der Waals surface area contributed by atoms with Crippen molar-refractivity contribution < 1.29 is 9.59 Å². The van der Waals surface area contributed by atoms with Gasteiger partial charge in [0, 0.05) is 12.5 Å². The minimum atomic E-state index is -0.354. The number of nitrogens with one attached hydrogen (secondary N) is 2. The van der Waals surface area contributed by atoms with Gasteiger partial charge in [0.25, 0.3) is 5.91 Å². The quantitative estimate of drug-likeness (QED) is 0.669. The van der Waals surface area contributed by atoms with E-state index >= 15 is 0 Å². The summed E-state index contributed by atoms with van der Waals surface area (Å²) in [5, 5.41) is 2.20. The average molecular weight is 282 g/mol. The number of hydrazine groups is 1. The Morgan fingerprint density at radius 1 is 1.05 bits per heavy atom. The van der Waals surface area contributed by atoms with Crippen LogP contribution in [0.3, 0.4) is 0 Å². The van der Waals surface area contributed by atoms with E-state index in [0.717, 1.165) is 22.8 Å². The van der Waals surface area contributed by atoms with E-state index in [0.29, 0.717) is 6.42 Å². The van der Waals surface area contributed by atoms with E-state index in [1.807, 2.05) is 49.4 Å². The summed E-state index contributed by atoms with van der Waals surface area (Å²) in [7, 11) is 0. The van der Waals surface area contributed by atoms with Crippen LogP contribution in [0.1, 0.15) is 25.3 Å². The van der Waals surface area contributed by atoms with Crippen LogP contribution < -0.4 is 10.9 Å². The number of hydrogen-bond acceptors (Lipinski definition) is 2. The van der Waals surface area contributed by atoms with Crippen molar-refractivity contribution in [2.45, 2.75) is 19.8 Å². The lowest BCUT2D eigenvalue weighted by molar-refractivity contribution is -0.126. The number of benzene rings is 2. The molecule has 0 unspecified atom stereocenters. The Hall–Kier alpha value is -2.62. The molecule has 0 aliphatic carbocycles. The molecule has 0 atom stereocenters. The fourth-order valence-electron chi connectivity index (χ4n) is 2.02. The molecule has 0 heterocycles. The molecule has 0 fully saturated rings. The van der Waals surface area contributed by atoms with Gasteiger partial charge in [0.15, 0.2) is 0 Å². The molecule has 0 bridgehead atoms. The van der Waals surface area contributed by atoms with Gasteiger partial charge >= 0.3 is 0 Å². The molecule has 4 nitrogen and oxygen atoms in total. The van der Waals surface area contributed by atoms with Gasteiger partial charge in [0.05, 0.1) is 0 Å². The molecule has 0 saturated carbocycles. The molecular formula is C17H18N2O2. The summed E-state index contributed by atoms with van der Waals surface area (Å²) in [4.78, 5) is 22.9. The van der Waals surface area contributed by atoms with Gasteiger partial charge in [-0.2, -0.15) is 0 Å². The lowest BCUT2D eigenvalue weighted by Crippen LogP contribution is -2.40. The monoisotopic (exact) mass is 282 g/mol. The molecule has 2 aromatic rings. The van der Waals surface area contributed by atoms with Gasteiger partial charge in [-0.3, -0.25) is 20.4 Å². The van der Waals surface area contributed by atoms with E-state index in [1.165, 1.54) is 6.08 Å². The third-order valence-corrected chi connectivity index (χ3v) is 3.04. The van der Waals surface area contributed by atoms with Gasteiger partial charge in [0.1, 0.15) is 0 Å². The Bertz CT molecular complexity index is 672. The van der Waals surface area contributed by atoms with Crippen molar-refractivity contribution in [1.82, 2.24) is 10.9 Å². The lowest BCUT2D eigenvalue weighted by atomic mass is 10.0. The third kappa shape index (κ3) is 4.18. The van der Waals surface area contributed by atoms with Crippen LogP contribution >= 0.6 is 0 Å². The van der Waals surface area contributed by atoms with Crippen LogP contribution in [-0.4, -0.2) is 11.8 Å². The highest BCUT2D eigenvalue weighted by atomic mass is 16.2. The summed E-state index contributed by atoms with van der Waals surface area (Å²) in [6.45, 7) is 1.90. The van der Waals surface area contributed by atoms with Crippen molar-refractivity contribution in [2.75, 3.05) is 0 Å². The van der Waals surface area contributed by atoms with Crippen LogP contribution in [0.5, 0.6) is 0 Å². The van der Waals surface area contributed by atoms with Crippen LogP contribution in [-0.2, 0) is 9.59 Å². The number of amides is 2. The third-order valence-electron chi connectivity index (χ3n) is 3.04. The molecule has 2 amide bonds. The summed E-state index contributed by atoms with van der Waals surface area (Å²) in [6.07, 6.45) is 4.29. The van der Waals surface area contributed by atoms with Gasteiger partial charge < -0.3 is 0 Å². The van der Waals surface area contributed by atoms with Crippen molar-refractivity contribution in [1.29, 1.82) is 0 Å². The standard InChI is InChI=1S/C17H18N2O2/c1-2-6-16(20)18-19-17(21)12-11-14-9-5-8-13-7-3-4-10-15(13)14/h3-5,7-12H,2,6H2,1H3,(H,18,20)(H,19,21)/b12-11+. The van der Waals surface area contributed by atoms with Crippen molar-refractivity contribution >= 4 is 28.7 Å². The number of carbonyl (C=O) groups is 2. The Morgan fingerprint density at radius 2 is 1.81 bits per heavy atom. The molecule has 108 valence electrons. The second-order valence-electron chi connectivity index (χ2n) is 4.69. The Morgan fingerprint density at radius 3 is 2.62 bits per heavy atom. The maximum atomic E-state index is 11.6. The Labute approximate surface area is 123 Å². The topological polar surface area (TPSA) is 58.2 Å². The zero-order chi connectivity index (χ0) is 15.1. The van der Waals surface area contributed by atoms with E-state index in [2.05, 4.69) is 10.9 Å². The van der Waals surface area contributed by atoms with E-state index in [9.17, 15) is 9.59 Å². The fraction of sp³-hybridized carbons (Fsp3) is 0.176. The zero-order valence-corrected chi connectivity index (χ0v) is 11.9. The van der Waals surface area contributed by atoms with Crippen LogP contribution in [0.4, 0.5) is 0 Å². The summed E-state index contributed by atoms with van der Waals surface area (Å²) in [6, 6.07) is 13.9. The average Bonchev–Trinajstić information content (AvgIpc) is 2.51. The van der Waals surface area contributed by atoms with Gasteiger partial charge in [-0.05, 0) is 28.8 Å². The first kappa shape index (κ1) is 14.8. The number of hydrogen-bond donors (Lipinski definition) is 2. The van der Waals surface area contributed by atoms with Gasteiger partial charge in [-0.15, -0.1) is 0 Å². The Balaban J connectivity index is 2.02. The highest BCUT2D eigenvalue weighted by Gasteiger charge is 2.01. The predicted molar refractivity (Wildman–Crippen MR) is 84.2 cm³/mol. The summed E-state index contributed by atoms with van der Waals surface area (Å²) < 4.78 is 0. The molecule has 0 aliphatic heterocycles. The first-order valence-corrected chi connectivity index (χ1v) is 6.95. The van der Waals surface area contributed by atoms with Gasteiger partial charge in [0.2, 0.25) is 5.91 Å². The van der Waals surface area contributed by atoms with Gasteiger partial charge in [-0.1, -0.05) is 49.4 Å². The molecule has 2 aromatic carbocycles. The van der Waals surface area contributed by atoms with Crippen LogP contribution in [0.2, 0.25) is 0 Å². The van der Waals surface area contributed by atoms with Crippen LogP contribution in [0.25, 0.3) is 16.8 Å². The van der Waals surface area contributed by atoms with E-state index in [1.54, 1.807) is 6.08 Å². The minimum absolute atomic E-state index is 0.190. The summed E-state index contributed by atoms with van der Waals surface area (Å²) in [5.74, 6) is -0.545. The molecule has 2 N–H and O–H groups in total. The molecule has 0 aliphatic rings. The highest BCUT2D eigenvalue weighted by Crippen LogP contribution is 2.19. The van der Waals surface area contributed by atoms with Crippen molar-refractivity contribution in [3.63, 3.8) is 0 Å².